The molecular formula is C7H7NO2. The number of rotatable bonds is 2. The lowest BCUT2D eigenvalue weighted by Crippen LogP contribution is -2.05. The summed E-state index contributed by atoms with van der Waals surface area (Å²) >= 11 is 0. The van der Waals surface area contributed by atoms with Gasteiger partial charge in [-0.25, -0.2) is 4.98 Å². The van der Waals surface area contributed by atoms with Crippen LogP contribution in [0, 0.1) is 0 Å². The van der Waals surface area contributed by atoms with Crippen LogP contribution < -0.4 is 0 Å². The van der Waals surface area contributed by atoms with Gasteiger partial charge in [0.25, 0.3) is 0 Å². The van der Waals surface area contributed by atoms with E-state index in [1.54, 1.807) is 6.20 Å². The molecule has 10 heavy (non-hydrogen) atoms. The Bertz CT molecular complexity index is 236. The molecule has 3 heteroatoms. The third kappa shape index (κ3) is 0.602. The van der Waals surface area contributed by atoms with Crippen LogP contribution in [0.5, 0.6) is 0 Å². The van der Waals surface area contributed by atoms with Gasteiger partial charge in [0, 0.05) is 0 Å². The summed E-state index contributed by atoms with van der Waals surface area (Å²) < 4.78 is 5.01. The minimum Gasteiger partial charge on any atom is -0.447 e. The second-order valence-electron chi connectivity index (χ2n) is 2.64. The van der Waals surface area contributed by atoms with Gasteiger partial charge >= 0.3 is 0 Å². The first-order valence-electron chi connectivity index (χ1n) is 3.23. The molecule has 0 N–H and O–H groups in total. The molecule has 0 atom stereocenters. The van der Waals surface area contributed by atoms with E-state index in [4.69, 9.17) is 4.42 Å². The van der Waals surface area contributed by atoms with Crippen LogP contribution in [0.25, 0.3) is 0 Å². The minimum absolute atomic E-state index is 0.295. The lowest BCUT2D eigenvalue weighted by Gasteiger charge is -1.97. The number of aromatic nitrogens is 1. The van der Waals surface area contributed by atoms with Crippen LogP contribution in [0.3, 0.4) is 0 Å². The van der Waals surface area contributed by atoms with Crippen LogP contribution in [0.2, 0.25) is 0 Å². The summed E-state index contributed by atoms with van der Waals surface area (Å²) in [6, 6.07) is 0. The number of carbonyl (C=O) groups excluding carboxylic acids is 1. The van der Waals surface area contributed by atoms with E-state index in [0.717, 1.165) is 19.1 Å². The molecule has 1 aliphatic rings. The molecule has 0 radical (unpaired) electrons. The maximum Gasteiger partial charge on any atom is 0.180 e. The highest BCUT2D eigenvalue weighted by Gasteiger charge is 2.47. The molecule has 0 aromatic carbocycles. The van der Waals surface area contributed by atoms with Gasteiger partial charge in [-0.2, -0.15) is 0 Å². The molecule has 0 amide bonds. The molecule has 0 bridgehead atoms. The minimum atomic E-state index is -0.295. The van der Waals surface area contributed by atoms with E-state index in [9.17, 15) is 4.79 Å². The predicted molar refractivity (Wildman–Crippen MR) is 33.5 cm³/mol. The van der Waals surface area contributed by atoms with Crippen molar-refractivity contribution in [2.24, 2.45) is 0 Å². The van der Waals surface area contributed by atoms with Gasteiger partial charge in [-0.3, -0.25) is 0 Å². The zero-order chi connectivity index (χ0) is 7.03. The SMILES string of the molecule is O=CC1(c2cnco2)CC1. The van der Waals surface area contributed by atoms with Crippen LogP contribution in [-0.2, 0) is 10.2 Å². The highest BCUT2D eigenvalue weighted by Crippen LogP contribution is 2.45. The molecule has 1 heterocycles. The van der Waals surface area contributed by atoms with Crippen molar-refractivity contribution in [3.8, 4) is 0 Å². The Morgan fingerprint density at radius 3 is 2.90 bits per heavy atom. The Morgan fingerprint density at radius 1 is 1.70 bits per heavy atom. The van der Waals surface area contributed by atoms with E-state index in [1.807, 2.05) is 0 Å². The molecule has 2 rings (SSSR count). The average molecular weight is 137 g/mol. The zero-order valence-electron chi connectivity index (χ0n) is 5.41. The summed E-state index contributed by atoms with van der Waals surface area (Å²) in [4.78, 5) is 14.3. The standard InChI is InChI=1S/C7H7NO2/c9-4-7(1-2-7)6-3-8-5-10-6/h3-5H,1-2H2. The van der Waals surface area contributed by atoms with E-state index < -0.39 is 0 Å². The Hall–Kier alpha value is -1.12. The molecule has 0 unspecified atom stereocenters. The molecule has 0 spiro atoms. The largest absolute Gasteiger partial charge is 0.447 e. The highest BCUT2D eigenvalue weighted by molar-refractivity contribution is 5.71. The van der Waals surface area contributed by atoms with Crippen LogP contribution in [-0.4, -0.2) is 11.3 Å². The topological polar surface area (TPSA) is 43.1 Å². The van der Waals surface area contributed by atoms with Gasteiger partial charge < -0.3 is 9.21 Å². The fourth-order valence-electron chi connectivity index (χ4n) is 1.02. The molecule has 0 saturated heterocycles. The van der Waals surface area contributed by atoms with Crippen molar-refractivity contribution in [2.75, 3.05) is 0 Å². The Labute approximate surface area is 58.1 Å². The first kappa shape index (κ1) is 5.65. The number of aldehydes is 1. The summed E-state index contributed by atoms with van der Waals surface area (Å²) in [5, 5.41) is 0. The van der Waals surface area contributed by atoms with Crippen LogP contribution >= 0.6 is 0 Å². The van der Waals surface area contributed by atoms with E-state index in [-0.39, 0.29) is 5.41 Å². The quantitative estimate of drug-likeness (QED) is 0.569. The van der Waals surface area contributed by atoms with Gasteiger partial charge in [0.1, 0.15) is 12.0 Å². The fraction of sp³-hybridized carbons (Fsp3) is 0.429. The molecule has 0 aliphatic heterocycles. The van der Waals surface area contributed by atoms with Gasteiger partial charge in [0.15, 0.2) is 6.39 Å². The molecular weight excluding hydrogens is 130 g/mol. The van der Waals surface area contributed by atoms with Crippen LogP contribution in [0.1, 0.15) is 18.6 Å². The molecule has 1 aromatic rings. The molecule has 1 aromatic heterocycles. The summed E-state index contributed by atoms with van der Waals surface area (Å²) in [6.07, 6.45) is 5.74. The Morgan fingerprint density at radius 2 is 2.50 bits per heavy atom. The van der Waals surface area contributed by atoms with Crippen molar-refractivity contribution in [3.63, 3.8) is 0 Å². The van der Waals surface area contributed by atoms with Gasteiger partial charge in [-0.1, -0.05) is 0 Å². The number of oxazole rings is 1. The molecule has 1 saturated carbocycles. The van der Waals surface area contributed by atoms with Gasteiger partial charge in [0.05, 0.1) is 11.6 Å². The van der Waals surface area contributed by atoms with Crippen molar-refractivity contribution in [1.82, 2.24) is 4.98 Å². The Kier molecular flexibility index (Phi) is 0.952. The molecule has 52 valence electrons. The second kappa shape index (κ2) is 1.68. The predicted octanol–water partition coefficient (Wildman–Crippen LogP) is 0.905. The number of hydrogen-bond donors (Lipinski definition) is 0. The lowest BCUT2D eigenvalue weighted by atomic mass is 10.1. The zero-order valence-corrected chi connectivity index (χ0v) is 5.41. The van der Waals surface area contributed by atoms with E-state index >= 15 is 0 Å². The maximum atomic E-state index is 10.5. The summed E-state index contributed by atoms with van der Waals surface area (Å²) in [6.45, 7) is 0. The van der Waals surface area contributed by atoms with Crippen molar-refractivity contribution < 1.29 is 9.21 Å². The van der Waals surface area contributed by atoms with Crippen LogP contribution in [0.4, 0.5) is 0 Å². The van der Waals surface area contributed by atoms with Gasteiger partial charge in [-0.05, 0) is 12.8 Å². The maximum absolute atomic E-state index is 10.5. The number of carbonyl (C=O) groups is 1. The molecule has 1 fully saturated rings. The number of nitrogens with zero attached hydrogens (tertiary/aromatic N) is 1. The average Bonchev–Trinajstić information content (AvgIpc) is 2.58. The van der Waals surface area contributed by atoms with Gasteiger partial charge in [-0.15, -0.1) is 0 Å². The summed E-state index contributed by atoms with van der Waals surface area (Å²) in [5.74, 6) is 0.711. The van der Waals surface area contributed by atoms with Crippen LogP contribution in [0.15, 0.2) is 17.0 Å². The van der Waals surface area contributed by atoms with Crippen molar-refractivity contribution in [1.29, 1.82) is 0 Å². The molecule has 3 nitrogen and oxygen atoms in total. The Balaban J connectivity index is 2.35. The summed E-state index contributed by atoms with van der Waals surface area (Å²) in [7, 11) is 0. The molecule has 1 aliphatic carbocycles. The third-order valence-electron chi connectivity index (χ3n) is 1.94. The van der Waals surface area contributed by atoms with E-state index in [0.29, 0.717) is 5.76 Å². The van der Waals surface area contributed by atoms with E-state index in [2.05, 4.69) is 4.98 Å². The van der Waals surface area contributed by atoms with E-state index in [1.165, 1.54) is 6.39 Å². The third-order valence-corrected chi connectivity index (χ3v) is 1.94. The fourth-order valence-corrected chi connectivity index (χ4v) is 1.02. The monoisotopic (exact) mass is 137 g/mol. The van der Waals surface area contributed by atoms with Crippen molar-refractivity contribution >= 4 is 6.29 Å². The first-order chi connectivity index (χ1) is 4.87. The second-order valence-corrected chi connectivity index (χ2v) is 2.64. The normalized spacial score (nSPS) is 20.4. The van der Waals surface area contributed by atoms with Crippen molar-refractivity contribution in [2.45, 2.75) is 18.3 Å². The lowest BCUT2D eigenvalue weighted by molar-refractivity contribution is -0.110. The smallest absolute Gasteiger partial charge is 0.180 e. The van der Waals surface area contributed by atoms with Crippen molar-refractivity contribution in [3.05, 3.63) is 18.4 Å². The highest BCUT2D eigenvalue weighted by atomic mass is 16.3. The number of hydrogen-bond acceptors (Lipinski definition) is 3. The first-order valence-corrected chi connectivity index (χ1v) is 3.23. The van der Waals surface area contributed by atoms with Gasteiger partial charge in [0.2, 0.25) is 0 Å². The summed E-state index contributed by atoms with van der Waals surface area (Å²) in [5.41, 5.74) is -0.295.